The van der Waals surface area contributed by atoms with Gasteiger partial charge in [0.15, 0.2) is 0 Å². The molecule has 1 saturated carbocycles. The molecule has 2 aliphatic rings. The van der Waals surface area contributed by atoms with Crippen LogP contribution in [0.1, 0.15) is 36.7 Å². The van der Waals surface area contributed by atoms with Crippen molar-refractivity contribution >= 4 is 41.7 Å². The zero-order valence-electron chi connectivity index (χ0n) is 17.6. The number of rotatable bonds is 5. The van der Waals surface area contributed by atoms with E-state index >= 15 is 0 Å². The number of pyridine rings is 1. The van der Waals surface area contributed by atoms with E-state index in [-0.39, 0.29) is 36.2 Å². The number of anilines is 3. The fourth-order valence-corrected chi connectivity index (χ4v) is 3.99. The molecular weight excluding hydrogens is 418 g/mol. The van der Waals surface area contributed by atoms with Crippen LogP contribution >= 0.6 is 12.4 Å². The summed E-state index contributed by atoms with van der Waals surface area (Å²) in [6.45, 7) is 1.94. The monoisotopic (exact) mass is 441 g/mol. The molecule has 1 aliphatic carbocycles. The van der Waals surface area contributed by atoms with E-state index in [0.717, 1.165) is 12.8 Å². The Bertz CT molecular complexity index is 1030. The summed E-state index contributed by atoms with van der Waals surface area (Å²) in [6.07, 6.45) is 5.48. The van der Waals surface area contributed by atoms with E-state index < -0.39 is 5.41 Å². The zero-order valence-corrected chi connectivity index (χ0v) is 18.4. The van der Waals surface area contributed by atoms with Crippen LogP contribution < -0.4 is 10.2 Å². The lowest BCUT2D eigenvalue weighted by Crippen LogP contribution is -2.37. The van der Waals surface area contributed by atoms with Crippen molar-refractivity contribution in [1.82, 2.24) is 19.9 Å². The summed E-state index contributed by atoms with van der Waals surface area (Å²) in [5.41, 5.74) is 0.0219. The molecule has 9 nitrogen and oxygen atoms in total. The third-order valence-electron chi connectivity index (χ3n) is 5.66. The number of carbonyl (C=O) groups is 2. The zero-order chi connectivity index (χ0) is 21.5. The van der Waals surface area contributed by atoms with E-state index in [4.69, 9.17) is 0 Å². The van der Waals surface area contributed by atoms with Crippen molar-refractivity contribution in [3.63, 3.8) is 0 Å². The molecular formula is C21H24ClN7O2. The summed E-state index contributed by atoms with van der Waals surface area (Å²) in [5.74, 6) is 0.573. The lowest BCUT2D eigenvalue weighted by molar-refractivity contribution is -0.123. The van der Waals surface area contributed by atoms with Crippen LogP contribution in [-0.4, -0.2) is 51.8 Å². The Hall–Kier alpha value is -3.25. The van der Waals surface area contributed by atoms with E-state index in [1.807, 2.05) is 6.92 Å². The number of hydrogen-bond acceptors (Lipinski definition) is 7. The lowest BCUT2D eigenvalue weighted by Gasteiger charge is -2.22. The number of hydrogen-bond donors (Lipinski definition) is 1. The molecule has 0 bridgehead atoms. The van der Waals surface area contributed by atoms with Crippen molar-refractivity contribution in [2.24, 2.45) is 11.3 Å². The first-order valence-electron chi connectivity index (χ1n) is 9.88. The molecule has 2 aromatic rings. The fourth-order valence-electron chi connectivity index (χ4n) is 3.99. The van der Waals surface area contributed by atoms with E-state index in [1.165, 1.54) is 11.1 Å². The maximum Gasteiger partial charge on any atom is 0.271 e. The molecule has 2 atom stereocenters. The Kier molecular flexibility index (Phi) is 6.13. The molecule has 0 radical (unpaired) electrons. The minimum Gasteiger partial charge on any atom is -0.343 e. The average Bonchev–Trinajstić information content (AvgIpc) is 3.54. The first kappa shape index (κ1) is 22.4. The fraction of sp³-hybridized carbons (Fsp3) is 0.429. The van der Waals surface area contributed by atoms with Gasteiger partial charge in [-0.15, -0.1) is 12.4 Å². The minimum absolute atomic E-state index is 0. The SMILES string of the molecule is C[C@@H]1C[C@@](C#N)(C2CC2)C(=O)N1c1ccnc(Nc2ccc(C(=O)N(C)C)nc2)n1.Cl. The Balaban J connectivity index is 0.00000272. The predicted molar refractivity (Wildman–Crippen MR) is 117 cm³/mol. The number of nitriles is 1. The smallest absolute Gasteiger partial charge is 0.271 e. The van der Waals surface area contributed by atoms with Crippen molar-refractivity contribution in [3.05, 3.63) is 36.3 Å². The van der Waals surface area contributed by atoms with Gasteiger partial charge in [-0.3, -0.25) is 14.5 Å². The quantitative estimate of drug-likeness (QED) is 0.758. The van der Waals surface area contributed by atoms with Crippen LogP contribution in [0.5, 0.6) is 0 Å². The van der Waals surface area contributed by atoms with Crippen molar-refractivity contribution < 1.29 is 9.59 Å². The number of halogens is 1. The molecule has 31 heavy (non-hydrogen) atoms. The Morgan fingerprint density at radius 3 is 2.61 bits per heavy atom. The molecule has 2 amide bonds. The van der Waals surface area contributed by atoms with Crippen LogP contribution in [0.25, 0.3) is 0 Å². The van der Waals surface area contributed by atoms with Gasteiger partial charge in [-0.25, -0.2) is 9.97 Å². The van der Waals surface area contributed by atoms with E-state index in [1.54, 1.807) is 43.4 Å². The summed E-state index contributed by atoms with van der Waals surface area (Å²) < 4.78 is 0. The molecule has 162 valence electrons. The molecule has 4 rings (SSSR count). The molecule has 0 unspecified atom stereocenters. The highest BCUT2D eigenvalue weighted by molar-refractivity contribution is 6.02. The van der Waals surface area contributed by atoms with Crippen LogP contribution in [-0.2, 0) is 4.79 Å². The normalized spacial score (nSPS) is 22.5. The minimum atomic E-state index is -0.934. The molecule has 0 aromatic carbocycles. The molecule has 10 heteroatoms. The van der Waals surface area contributed by atoms with Gasteiger partial charge in [0.25, 0.3) is 5.91 Å². The molecule has 1 saturated heterocycles. The van der Waals surface area contributed by atoms with Gasteiger partial charge in [-0.05, 0) is 50.3 Å². The third-order valence-corrected chi connectivity index (χ3v) is 5.66. The summed E-state index contributed by atoms with van der Waals surface area (Å²) in [6, 6.07) is 7.21. The number of nitrogens with one attached hydrogen (secondary N) is 1. The Labute approximate surface area is 186 Å². The van der Waals surface area contributed by atoms with Crippen LogP contribution in [0, 0.1) is 22.7 Å². The van der Waals surface area contributed by atoms with Crippen molar-refractivity contribution in [1.29, 1.82) is 5.26 Å². The van der Waals surface area contributed by atoms with Gasteiger partial charge in [0.05, 0.1) is 18.0 Å². The lowest BCUT2D eigenvalue weighted by atomic mass is 9.81. The summed E-state index contributed by atoms with van der Waals surface area (Å²) in [4.78, 5) is 41.1. The third kappa shape index (κ3) is 4.03. The van der Waals surface area contributed by atoms with Gasteiger partial charge < -0.3 is 10.2 Å². The van der Waals surface area contributed by atoms with Crippen LogP contribution in [0.3, 0.4) is 0 Å². The van der Waals surface area contributed by atoms with Gasteiger partial charge in [-0.2, -0.15) is 10.2 Å². The maximum absolute atomic E-state index is 13.2. The first-order chi connectivity index (χ1) is 14.4. The molecule has 1 aliphatic heterocycles. The maximum atomic E-state index is 13.2. The Morgan fingerprint density at radius 1 is 1.29 bits per heavy atom. The van der Waals surface area contributed by atoms with Crippen LogP contribution in [0.2, 0.25) is 0 Å². The van der Waals surface area contributed by atoms with Crippen molar-refractivity contribution in [2.75, 3.05) is 24.3 Å². The van der Waals surface area contributed by atoms with Crippen LogP contribution in [0.4, 0.5) is 17.5 Å². The second-order valence-corrected chi connectivity index (χ2v) is 8.08. The van der Waals surface area contributed by atoms with Gasteiger partial charge in [0, 0.05) is 26.3 Å². The van der Waals surface area contributed by atoms with Crippen molar-refractivity contribution in [2.45, 2.75) is 32.2 Å². The number of nitrogens with zero attached hydrogens (tertiary/aromatic N) is 6. The molecule has 2 fully saturated rings. The molecule has 3 heterocycles. The van der Waals surface area contributed by atoms with Crippen molar-refractivity contribution in [3.8, 4) is 6.07 Å². The number of aromatic nitrogens is 3. The highest BCUT2D eigenvalue weighted by atomic mass is 35.5. The van der Waals surface area contributed by atoms with E-state index in [0.29, 0.717) is 29.6 Å². The average molecular weight is 442 g/mol. The molecule has 2 aromatic heterocycles. The molecule has 0 spiro atoms. The summed E-state index contributed by atoms with van der Waals surface area (Å²) >= 11 is 0. The first-order valence-corrected chi connectivity index (χ1v) is 9.88. The van der Waals surface area contributed by atoms with Crippen LogP contribution in [0.15, 0.2) is 30.6 Å². The summed E-state index contributed by atoms with van der Waals surface area (Å²) in [5, 5.41) is 12.8. The largest absolute Gasteiger partial charge is 0.343 e. The summed E-state index contributed by atoms with van der Waals surface area (Å²) in [7, 11) is 3.33. The topological polar surface area (TPSA) is 115 Å². The van der Waals surface area contributed by atoms with Gasteiger partial charge >= 0.3 is 0 Å². The number of carbonyl (C=O) groups excluding carboxylic acids is 2. The standard InChI is InChI=1S/C21H23N7O2.ClH/c1-13-10-21(12-22,14-4-5-14)19(30)28(13)17-8-9-23-20(26-17)25-15-6-7-16(24-11-15)18(29)27(2)3;/h6-9,11,13-14H,4-5,10H2,1-3H3,(H,23,25,26);1H/t13-,21-;/m1./s1. The van der Waals surface area contributed by atoms with E-state index in [9.17, 15) is 14.9 Å². The Morgan fingerprint density at radius 2 is 2.03 bits per heavy atom. The molecule has 1 N–H and O–H groups in total. The number of amides is 2. The second-order valence-electron chi connectivity index (χ2n) is 8.08. The highest BCUT2D eigenvalue weighted by Crippen LogP contribution is 2.53. The van der Waals surface area contributed by atoms with E-state index in [2.05, 4.69) is 26.3 Å². The highest BCUT2D eigenvalue weighted by Gasteiger charge is 2.59. The predicted octanol–water partition coefficient (Wildman–Crippen LogP) is 2.78. The van der Waals surface area contributed by atoms with Gasteiger partial charge in [0.1, 0.15) is 16.9 Å². The van der Waals surface area contributed by atoms with Gasteiger partial charge in [0.2, 0.25) is 11.9 Å². The second kappa shape index (κ2) is 8.47. The van der Waals surface area contributed by atoms with Gasteiger partial charge in [-0.1, -0.05) is 0 Å².